The molecule has 0 aromatic heterocycles. The molecule has 3 rings (SSSR count). The average molecular weight is 516 g/mol. The van der Waals surface area contributed by atoms with Crippen LogP contribution >= 0.6 is 35.0 Å². The maximum Gasteiger partial charge on any atom is 0.243 e. The number of nitrogens with one attached hydrogen (secondary N) is 1. The lowest BCUT2D eigenvalue weighted by molar-refractivity contribution is -0.140. The summed E-state index contributed by atoms with van der Waals surface area (Å²) in [6, 6.07) is 24.2. The summed E-state index contributed by atoms with van der Waals surface area (Å²) >= 11 is 14.5. The first-order chi connectivity index (χ1) is 16.5. The first-order valence-electron chi connectivity index (χ1n) is 11.2. The Labute approximate surface area is 215 Å². The largest absolute Gasteiger partial charge is 0.355 e. The highest BCUT2D eigenvalue weighted by Gasteiger charge is 2.30. The number of amides is 2. The van der Waals surface area contributed by atoms with Crippen LogP contribution in [-0.4, -0.2) is 35.1 Å². The molecule has 0 fully saturated rings. The van der Waals surface area contributed by atoms with Crippen molar-refractivity contribution in [2.24, 2.45) is 0 Å². The van der Waals surface area contributed by atoms with Crippen LogP contribution in [0.1, 0.15) is 24.5 Å². The van der Waals surface area contributed by atoms with Crippen LogP contribution in [0.15, 0.2) is 83.8 Å². The average Bonchev–Trinajstić information content (AvgIpc) is 2.84. The lowest BCUT2D eigenvalue weighted by Crippen LogP contribution is -2.50. The van der Waals surface area contributed by atoms with Gasteiger partial charge in [-0.1, -0.05) is 77.8 Å². The highest BCUT2D eigenvalue weighted by molar-refractivity contribution is 7.99. The van der Waals surface area contributed by atoms with E-state index in [9.17, 15) is 9.59 Å². The van der Waals surface area contributed by atoms with Crippen molar-refractivity contribution in [1.82, 2.24) is 10.2 Å². The van der Waals surface area contributed by atoms with Crippen molar-refractivity contribution in [3.63, 3.8) is 0 Å². The molecule has 1 N–H and O–H groups in total. The first-order valence-corrected chi connectivity index (χ1v) is 13.0. The van der Waals surface area contributed by atoms with E-state index in [0.717, 1.165) is 10.5 Å². The molecule has 0 bridgehead atoms. The lowest BCUT2D eigenvalue weighted by atomic mass is 10.0. The van der Waals surface area contributed by atoms with Crippen LogP contribution in [-0.2, 0) is 22.6 Å². The number of hydrogen-bond acceptors (Lipinski definition) is 3. The van der Waals surface area contributed by atoms with E-state index in [-0.39, 0.29) is 24.8 Å². The van der Waals surface area contributed by atoms with Crippen molar-refractivity contribution in [1.29, 1.82) is 0 Å². The Morgan fingerprint density at radius 3 is 2.15 bits per heavy atom. The normalized spacial score (nSPS) is 11.6. The molecule has 0 radical (unpaired) electrons. The van der Waals surface area contributed by atoms with E-state index in [4.69, 9.17) is 23.2 Å². The number of carbonyl (C=O) groups excluding carboxylic acids is 2. The Balaban J connectivity index is 1.88. The van der Waals surface area contributed by atoms with Gasteiger partial charge in [-0.3, -0.25) is 9.59 Å². The van der Waals surface area contributed by atoms with E-state index >= 15 is 0 Å². The molecule has 0 aliphatic heterocycles. The Hall–Kier alpha value is -2.47. The third-order valence-electron chi connectivity index (χ3n) is 5.34. The van der Waals surface area contributed by atoms with Crippen LogP contribution in [0.5, 0.6) is 0 Å². The Morgan fingerprint density at radius 1 is 0.912 bits per heavy atom. The Bertz CT molecular complexity index is 1060. The van der Waals surface area contributed by atoms with Gasteiger partial charge in [-0.2, -0.15) is 0 Å². The van der Waals surface area contributed by atoms with Gasteiger partial charge >= 0.3 is 0 Å². The fourth-order valence-electron chi connectivity index (χ4n) is 3.62. The van der Waals surface area contributed by atoms with Gasteiger partial charge in [0.1, 0.15) is 6.04 Å². The predicted molar refractivity (Wildman–Crippen MR) is 141 cm³/mol. The minimum Gasteiger partial charge on any atom is -0.355 e. The number of halogens is 2. The van der Waals surface area contributed by atoms with Crippen LogP contribution in [0.2, 0.25) is 10.0 Å². The minimum atomic E-state index is -0.691. The molecule has 0 heterocycles. The Kier molecular flexibility index (Phi) is 10.3. The molecule has 0 aliphatic rings. The van der Waals surface area contributed by atoms with Gasteiger partial charge in [0.05, 0.1) is 0 Å². The topological polar surface area (TPSA) is 49.4 Å². The van der Waals surface area contributed by atoms with Crippen molar-refractivity contribution in [3.8, 4) is 0 Å². The quantitative estimate of drug-likeness (QED) is 0.307. The van der Waals surface area contributed by atoms with Gasteiger partial charge in [0.25, 0.3) is 0 Å². The zero-order valence-corrected chi connectivity index (χ0v) is 21.4. The summed E-state index contributed by atoms with van der Waals surface area (Å²) in [5.74, 6) is 0.286. The van der Waals surface area contributed by atoms with Gasteiger partial charge in [0, 0.05) is 52.2 Å². The predicted octanol–water partition coefficient (Wildman–Crippen LogP) is 6.25. The van der Waals surface area contributed by atoms with Gasteiger partial charge in [-0.25, -0.2) is 0 Å². The molecule has 0 spiro atoms. The number of hydrogen-bond donors (Lipinski definition) is 1. The van der Waals surface area contributed by atoms with Crippen LogP contribution in [0.3, 0.4) is 0 Å². The van der Waals surface area contributed by atoms with Crippen molar-refractivity contribution < 1.29 is 9.59 Å². The minimum absolute atomic E-state index is 0.119. The number of carbonyl (C=O) groups is 2. The summed E-state index contributed by atoms with van der Waals surface area (Å²) in [5, 5.41) is 3.84. The number of nitrogens with zero attached hydrogens (tertiary/aromatic N) is 1. The van der Waals surface area contributed by atoms with E-state index in [2.05, 4.69) is 5.32 Å². The van der Waals surface area contributed by atoms with Crippen LogP contribution in [0.25, 0.3) is 0 Å². The fraction of sp³-hybridized carbons (Fsp3) is 0.259. The van der Waals surface area contributed by atoms with Crippen molar-refractivity contribution in [3.05, 3.63) is 100 Å². The second-order valence-electron chi connectivity index (χ2n) is 7.73. The third kappa shape index (κ3) is 7.52. The maximum absolute atomic E-state index is 13.5. The second kappa shape index (κ2) is 13.4. The van der Waals surface area contributed by atoms with Gasteiger partial charge < -0.3 is 10.2 Å². The molecule has 3 aromatic carbocycles. The smallest absolute Gasteiger partial charge is 0.243 e. The van der Waals surface area contributed by atoms with Crippen molar-refractivity contribution in [2.75, 3.05) is 12.3 Å². The van der Waals surface area contributed by atoms with Crippen LogP contribution < -0.4 is 5.32 Å². The molecule has 1 unspecified atom stereocenters. The molecule has 0 saturated carbocycles. The monoisotopic (exact) mass is 514 g/mol. The molecule has 3 aromatic rings. The SMILES string of the molecule is CCNC(=O)C(Cc1ccccc1)N(Cc1c(Cl)cccc1Cl)C(=O)CCSc1ccccc1. The van der Waals surface area contributed by atoms with Crippen molar-refractivity contribution >= 4 is 46.8 Å². The molecule has 34 heavy (non-hydrogen) atoms. The zero-order chi connectivity index (χ0) is 24.3. The van der Waals surface area contributed by atoms with E-state index in [1.807, 2.05) is 67.6 Å². The standard InChI is InChI=1S/C27H28Cl2N2O2S/c1-2-30-27(33)25(18-20-10-5-3-6-11-20)31(19-22-23(28)14-9-15-24(22)29)26(32)16-17-34-21-12-7-4-8-13-21/h3-15,25H,2,16-19H2,1H3,(H,30,33). The maximum atomic E-state index is 13.5. The molecular weight excluding hydrogens is 487 g/mol. The van der Waals surface area contributed by atoms with Crippen LogP contribution in [0, 0.1) is 0 Å². The van der Waals surface area contributed by atoms with Crippen LogP contribution in [0.4, 0.5) is 0 Å². The molecule has 2 amide bonds. The molecule has 7 heteroatoms. The number of thioether (sulfide) groups is 1. The second-order valence-corrected chi connectivity index (χ2v) is 9.72. The molecule has 4 nitrogen and oxygen atoms in total. The van der Waals surface area contributed by atoms with Gasteiger partial charge in [-0.15, -0.1) is 11.8 Å². The lowest BCUT2D eigenvalue weighted by Gasteiger charge is -2.32. The van der Waals surface area contributed by atoms with Crippen molar-refractivity contribution in [2.45, 2.75) is 37.2 Å². The summed E-state index contributed by atoms with van der Waals surface area (Å²) in [7, 11) is 0. The van der Waals surface area contributed by atoms with Gasteiger partial charge in [0.2, 0.25) is 11.8 Å². The summed E-state index contributed by atoms with van der Waals surface area (Å²) in [6.07, 6.45) is 0.679. The summed E-state index contributed by atoms with van der Waals surface area (Å²) in [6.45, 7) is 2.50. The van der Waals surface area contributed by atoms with E-state index in [1.54, 1.807) is 34.9 Å². The number of likely N-dealkylation sites (N-methyl/N-ethyl adjacent to an activating group) is 1. The van der Waals surface area contributed by atoms with E-state index in [1.165, 1.54) is 0 Å². The molecule has 0 saturated heterocycles. The third-order valence-corrected chi connectivity index (χ3v) is 7.06. The van der Waals surface area contributed by atoms with E-state index < -0.39 is 6.04 Å². The Morgan fingerprint density at radius 2 is 1.53 bits per heavy atom. The molecular formula is C27H28Cl2N2O2S. The highest BCUT2D eigenvalue weighted by atomic mass is 35.5. The number of rotatable bonds is 11. The summed E-state index contributed by atoms with van der Waals surface area (Å²) < 4.78 is 0. The molecule has 1 atom stereocenters. The van der Waals surface area contributed by atoms with E-state index in [0.29, 0.717) is 34.3 Å². The fourth-order valence-corrected chi connectivity index (χ4v) is 5.00. The van der Waals surface area contributed by atoms with Gasteiger partial charge in [-0.05, 0) is 36.8 Å². The highest BCUT2D eigenvalue weighted by Crippen LogP contribution is 2.28. The zero-order valence-electron chi connectivity index (χ0n) is 19.0. The number of benzene rings is 3. The summed E-state index contributed by atoms with van der Waals surface area (Å²) in [5.41, 5.74) is 1.61. The summed E-state index contributed by atoms with van der Waals surface area (Å²) in [4.78, 5) is 29.4. The molecule has 0 aliphatic carbocycles. The van der Waals surface area contributed by atoms with Gasteiger partial charge in [0.15, 0.2) is 0 Å². The molecule has 178 valence electrons. The first kappa shape index (κ1) is 26.1.